The first-order valence-electron chi connectivity index (χ1n) is 10.0. The molecule has 2 unspecified atom stereocenters. The van der Waals surface area contributed by atoms with Crippen LogP contribution in [-0.2, 0) is 5.54 Å². The van der Waals surface area contributed by atoms with Gasteiger partial charge in [-0.15, -0.1) is 0 Å². The van der Waals surface area contributed by atoms with Gasteiger partial charge in [-0.1, -0.05) is 12.1 Å². The maximum Gasteiger partial charge on any atom is 0.174 e. The second-order valence-corrected chi connectivity index (χ2v) is 9.25. The summed E-state index contributed by atoms with van der Waals surface area (Å²) in [6.45, 7) is 10.9. The van der Waals surface area contributed by atoms with Crippen LogP contribution in [0.1, 0.15) is 55.2 Å². The number of aryl methyl sites for hydroxylation is 2. The number of hydrogen-bond acceptors (Lipinski definition) is 2. The monoisotopic (exact) mass is 404 g/mol. The first-order valence-corrected chi connectivity index (χ1v) is 10.4. The van der Waals surface area contributed by atoms with Gasteiger partial charge in [0.15, 0.2) is 5.11 Å². The zero-order chi connectivity index (χ0) is 20.8. The van der Waals surface area contributed by atoms with Crippen molar-refractivity contribution in [2.24, 2.45) is 0 Å². The van der Waals surface area contributed by atoms with Crippen LogP contribution in [0.3, 0.4) is 0 Å². The Morgan fingerprint density at radius 3 is 2.34 bits per heavy atom. The van der Waals surface area contributed by atoms with Gasteiger partial charge in [0.05, 0.1) is 17.8 Å². The standard InChI is InChI=1S/C24H28N4S/c1-16-12-17(2)14-19(13-16)28-22(18-9-11-27(15-18)24(3,4)5)21(26-23(28)29)20-8-6-7-10-25-20/h6-15,21-22H,1-5H3,(H,26,29). The molecule has 2 aromatic heterocycles. The van der Waals surface area contributed by atoms with Gasteiger partial charge in [-0.2, -0.15) is 0 Å². The van der Waals surface area contributed by atoms with Crippen molar-refractivity contribution in [3.63, 3.8) is 0 Å². The highest BCUT2D eigenvalue weighted by molar-refractivity contribution is 7.80. The molecule has 1 aliphatic heterocycles. The Morgan fingerprint density at radius 1 is 1.03 bits per heavy atom. The molecule has 0 aliphatic carbocycles. The van der Waals surface area contributed by atoms with Crippen molar-refractivity contribution < 1.29 is 0 Å². The molecule has 4 nitrogen and oxygen atoms in total. The summed E-state index contributed by atoms with van der Waals surface area (Å²) in [5.41, 5.74) is 5.82. The molecule has 3 heterocycles. The third kappa shape index (κ3) is 3.79. The Bertz CT molecular complexity index is 1010. The van der Waals surface area contributed by atoms with Gasteiger partial charge in [0.2, 0.25) is 0 Å². The van der Waals surface area contributed by atoms with Gasteiger partial charge in [0.25, 0.3) is 0 Å². The van der Waals surface area contributed by atoms with Gasteiger partial charge in [0.1, 0.15) is 0 Å². The van der Waals surface area contributed by atoms with E-state index in [1.165, 1.54) is 16.7 Å². The van der Waals surface area contributed by atoms with Crippen LogP contribution in [0.25, 0.3) is 0 Å². The average molecular weight is 405 g/mol. The zero-order valence-electron chi connectivity index (χ0n) is 17.7. The minimum atomic E-state index is -0.0136. The van der Waals surface area contributed by atoms with E-state index in [4.69, 9.17) is 12.2 Å². The number of hydrogen-bond donors (Lipinski definition) is 1. The van der Waals surface area contributed by atoms with E-state index in [0.717, 1.165) is 16.5 Å². The second kappa shape index (κ2) is 7.30. The third-order valence-electron chi connectivity index (χ3n) is 5.41. The number of nitrogens with one attached hydrogen (secondary N) is 1. The Kier molecular flexibility index (Phi) is 4.95. The predicted molar refractivity (Wildman–Crippen MR) is 123 cm³/mol. The molecule has 0 radical (unpaired) electrons. The van der Waals surface area contributed by atoms with Crippen LogP contribution >= 0.6 is 12.2 Å². The van der Waals surface area contributed by atoms with Crippen molar-refractivity contribution >= 4 is 23.0 Å². The summed E-state index contributed by atoms with van der Waals surface area (Å²) in [6.07, 6.45) is 6.24. The van der Waals surface area contributed by atoms with Gasteiger partial charge in [-0.3, -0.25) is 4.98 Å². The number of benzene rings is 1. The fraction of sp³-hybridized carbons (Fsp3) is 0.333. The molecule has 0 amide bonds. The van der Waals surface area contributed by atoms with Gasteiger partial charge in [-0.05, 0) is 93.9 Å². The molecule has 1 N–H and O–H groups in total. The Hall–Kier alpha value is -2.66. The summed E-state index contributed by atoms with van der Waals surface area (Å²) in [5.74, 6) is 0. The molecular formula is C24H28N4S. The van der Waals surface area contributed by atoms with Crippen LogP contribution in [0.5, 0.6) is 0 Å². The van der Waals surface area contributed by atoms with Crippen molar-refractivity contribution in [3.05, 3.63) is 83.4 Å². The SMILES string of the molecule is Cc1cc(C)cc(N2C(=S)NC(c3ccccn3)C2c2ccn(C(C)(C)C)c2)c1. The molecule has 0 spiro atoms. The third-order valence-corrected chi connectivity index (χ3v) is 5.73. The molecule has 0 saturated carbocycles. The van der Waals surface area contributed by atoms with Gasteiger partial charge >= 0.3 is 0 Å². The second-order valence-electron chi connectivity index (χ2n) is 8.87. The van der Waals surface area contributed by atoms with Crippen molar-refractivity contribution in [2.75, 3.05) is 4.90 Å². The number of thiocarbonyl (C=S) groups is 1. The normalized spacial score (nSPS) is 19.5. The molecule has 1 fully saturated rings. The largest absolute Gasteiger partial charge is 0.351 e. The predicted octanol–water partition coefficient (Wildman–Crippen LogP) is 5.43. The molecule has 150 valence electrons. The Labute approximate surface area is 178 Å². The van der Waals surface area contributed by atoms with Gasteiger partial charge in [0, 0.05) is 29.8 Å². The summed E-state index contributed by atoms with van der Waals surface area (Å²) in [5, 5.41) is 4.28. The maximum absolute atomic E-state index is 5.82. The van der Waals surface area contributed by atoms with E-state index >= 15 is 0 Å². The van der Waals surface area contributed by atoms with Crippen LogP contribution in [0.2, 0.25) is 0 Å². The van der Waals surface area contributed by atoms with Crippen LogP contribution in [0, 0.1) is 13.8 Å². The summed E-state index contributed by atoms with van der Waals surface area (Å²) in [6, 6.07) is 14.9. The molecule has 1 saturated heterocycles. The minimum absolute atomic E-state index is 0.0136. The lowest BCUT2D eigenvalue weighted by Crippen LogP contribution is -2.29. The molecule has 29 heavy (non-hydrogen) atoms. The fourth-order valence-electron chi connectivity index (χ4n) is 4.07. The molecule has 1 aliphatic rings. The van der Waals surface area contributed by atoms with Crippen molar-refractivity contribution in [1.29, 1.82) is 0 Å². The number of pyridine rings is 1. The molecule has 2 atom stereocenters. The lowest BCUT2D eigenvalue weighted by atomic mass is 9.98. The average Bonchev–Trinajstić information content (AvgIpc) is 3.26. The maximum atomic E-state index is 5.82. The summed E-state index contributed by atoms with van der Waals surface area (Å²) in [4.78, 5) is 6.88. The molecule has 5 heteroatoms. The molecule has 1 aromatic carbocycles. The van der Waals surface area contributed by atoms with Crippen molar-refractivity contribution in [1.82, 2.24) is 14.9 Å². The highest BCUT2D eigenvalue weighted by atomic mass is 32.1. The molecular weight excluding hydrogens is 376 g/mol. The topological polar surface area (TPSA) is 33.1 Å². The number of rotatable bonds is 3. The van der Waals surface area contributed by atoms with Crippen LogP contribution < -0.4 is 10.2 Å². The van der Waals surface area contributed by atoms with E-state index in [1.54, 1.807) is 0 Å². The van der Waals surface area contributed by atoms with Crippen molar-refractivity contribution in [3.8, 4) is 0 Å². The van der Waals surface area contributed by atoms with E-state index < -0.39 is 0 Å². The van der Waals surface area contributed by atoms with E-state index in [9.17, 15) is 0 Å². The minimum Gasteiger partial charge on any atom is -0.351 e. The number of aromatic nitrogens is 2. The highest BCUT2D eigenvalue weighted by Gasteiger charge is 2.41. The van der Waals surface area contributed by atoms with Crippen LogP contribution in [-0.4, -0.2) is 14.7 Å². The Morgan fingerprint density at radius 2 is 1.76 bits per heavy atom. The van der Waals surface area contributed by atoms with E-state index in [1.807, 2.05) is 18.3 Å². The van der Waals surface area contributed by atoms with E-state index in [-0.39, 0.29) is 17.6 Å². The summed E-state index contributed by atoms with van der Waals surface area (Å²) >= 11 is 5.82. The van der Waals surface area contributed by atoms with Crippen LogP contribution in [0.4, 0.5) is 5.69 Å². The van der Waals surface area contributed by atoms with E-state index in [2.05, 4.69) is 97.1 Å². The summed E-state index contributed by atoms with van der Waals surface area (Å²) in [7, 11) is 0. The van der Waals surface area contributed by atoms with Gasteiger partial charge < -0.3 is 14.8 Å². The smallest absolute Gasteiger partial charge is 0.174 e. The lowest BCUT2D eigenvalue weighted by molar-refractivity contribution is 0.397. The van der Waals surface area contributed by atoms with Gasteiger partial charge in [-0.25, -0.2) is 0 Å². The summed E-state index contributed by atoms with van der Waals surface area (Å²) < 4.78 is 2.26. The number of anilines is 1. The van der Waals surface area contributed by atoms with Crippen LogP contribution in [0.15, 0.2) is 61.1 Å². The van der Waals surface area contributed by atoms with Crippen molar-refractivity contribution in [2.45, 2.75) is 52.2 Å². The number of nitrogens with zero attached hydrogens (tertiary/aromatic N) is 3. The quantitative estimate of drug-likeness (QED) is 0.590. The molecule has 3 aromatic rings. The Balaban J connectivity index is 1.85. The molecule has 4 rings (SSSR count). The highest BCUT2D eigenvalue weighted by Crippen LogP contribution is 2.42. The van der Waals surface area contributed by atoms with E-state index in [0.29, 0.717) is 0 Å². The first-order chi connectivity index (χ1) is 13.7. The zero-order valence-corrected chi connectivity index (χ0v) is 18.5. The first kappa shape index (κ1) is 19.6. The lowest BCUT2D eigenvalue weighted by Gasteiger charge is -2.28. The molecule has 0 bridgehead atoms. The fourth-order valence-corrected chi connectivity index (χ4v) is 4.41.